The van der Waals surface area contributed by atoms with Gasteiger partial charge < -0.3 is 10.0 Å². The average Bonchev–Trinajstić information content (AvgIpc) is 3.04. The van der Waals surface area contributed by atoms with Gasteiger partial charge in [0.15, 0.2) is 5.69 Å². The zero-order chi connectivity index (χ0) is 17.8. The second kappa shape index (κ2) is 7.12. The van der Waals surface area contributed by atoms with E-state index in [0.717, 1.165) is 0 Å². The topological polar surface area (TPSA) is 69.2 Å². The highest BCUT2D eigenvalue weighted by Gasteiger charge is 2.15. The summed E-state index contributed by atoms with van der Waals surface area (Å²) in [7, 11) is 0. The lowest BCUT2D eigenvalue weighted by Gasteiger charge is -2.23. The number of aromatic amines is 1. The van der Waals surface area contributed by atoms with E-state index in [-0.39, 0.29) is 17.3 Å². The third-order valence-corrected chi connectivity index (χ3v) is 3.65. The molecule has 128 valence electrons. The van der Waals surface area contributed by atoms with Crippen LogP contribution in [0, 0.1) is 11.6 Å². The van der Waals surface area contributed by atoms with Crippen LogP contribution in [0.15, 0.2) is 54.6 Å². The van der Waals surface area contributed by atoms with Crippen LogP contribution in [0.5, 0.6) is 0 Å². The van der Waals surface area contributed by atoms with Crippen LogP contribution in [0.1, 0.15) is 21.6 Å². The van der Waals surface area contributed by atoms with Crippen molar-refractivity contribution >= 4 is 11.8 Å². The standard InChI is InChI=1S/C18H15F2N3O2/c19-14-5-1-3-12(7-14)10-23(11-13-4-2-6-15(20)8-13)17-9-16(18(24)25)21-22-17/h1-9H,10-11H2,(H,21,22)(H,24,25). The van der Waals surface area contributed by atoms with Crippen LogP contribution >= 0.6 is 0 Å². The smallest absolute Gasteiger partial charge is 0.356 e. The van der Waals surface area contributed by atoms with E-state index in [0.29, 0.717) is 30.0 Å². The number of aromatic carboxylic acids is 1. The first-order valence-electron chi connectivity index (χ1n) is 7.54. The second-order valence-corrected chi connectivity index (χ2v) is 5.56. The molecule has 1 aromatic heterocycles. The summed E-state index contributed by atoms with van der Waals surface area (Å²) >= 11 is 0. The lowest BCUT2D eigenvalue weighted by atomic mass is 10.1. The summed E-state index contributed by atoms with van der Waals surface area (Å²) in [5, 5.41) is 15.4. The summed E-state index contributed by atoms with van der Waals surface area (Å²) in [4.78, 5) is 12.8. The van der Waals surface area contributed by atoms with Crippen LogP contribution in [-0.2, 0) is 13.1 Å². The number of carbonyl (C=O) groups is 1. The Balaban J connectivity index is 1.90. The number of rotatable bonds is 6. The van der Waals surface area contributed by atoms with Crippen LogP contribution in [0.2, 0.25) is 0 Å². The fourth-order valence-electron chi connectivity index (χ4n) is 2.52. The maximum atomic E-state index is 13.4. The largest absolute Gasteiger partial charge is 0.476 e. The van der Waals surface area contributed by atoms with E-state index in [9.17, 15) is 13.6 Å². The molecule has 3 aromatic rings. The second-order valence-electron chi connectivity index (χ2n) is 5.56. The first kappa shape index (κ1) is 16.6. The molecule has 0 aliphatic heterocycles. The number of carboxylic acid groups (broad SMARTS) is 1. The minimum atomic E-state index is -1.15. The van der Waals surface area contributed by atoms with Crippen LogP contribution in [0.4, 0.5) is 14.6 Å². The van der Waals surface area contributed by atoms with Crippen molar-refractivity contribution in [1.29, 1.82) is 0 Å². The number of anilines is 1. The monoisotopic (exact) mass is 343 g/mol. The van der Waals surface area contributed by atoms with Crippen LogP contribution in [-0.4, -0.2) is 21.3 Å². The van der Waals surface area contributed by atoms with Gasteiger partial charge in [-0.3, -0.25) is 5.10 Å². The van der Waals surface area contributed by atoms with Crippen molar-refractivity contribution in [1.82, 2.24) is 10.2 Å². The number of hydrogen-bond acceptors (Lipinski definition) is 3. The van der Waals surface area contributed by atoms with Crippen LogP contribution < -0.4 is 4.90 Å². The molecule has 0 bridgehead atoms. The Hall–Kier alpha value is -3.22. The zero-order valence-electron chi connectivity index (χ0n) is 13.1. The first-order valence-corrected chi connectivity index (χ1v) is 7.54. The minimum absolute atomic E-state index is 0.126. The number of nitrogens with zero attached hydrogens (tertiary/aromatic N) is 2. The predicted octanol–water partition coefficient (Wildman–Crippen LogP) is 3.59. The summed E-state index contributed by atoms with van der Waals surface area (Å²) in [6, 6.07) is 13.6. The van der Waals surface area contributed by atoms with Gasteiger partial charge in [0.1, 0.15) is 17.5 Å². The molecule has 2 aromatic carbocycles. The van der Waals surface area contributed by atoms with Crippen LogP contribution in [0.25, 0.3) is 0 Å². The van der Waals surface area contributed by atoms with Gasteiger partial charge in [-0.15, -0.1) is 0 Å². The average molecular weight is 343 g/mol. The number of carboxylic acids is 1. The normalized spacial score (nSPS) is 10.6. The quantitative estimate of drug-likeness (QED) is 0.718. The number of aromatic nitrogens is 2. The Labute approximate surface area is 142 Å². The summed E-state index contributed by atoms with van der Waals surface area (Å²) in [5.41, 5.74) is 1.27. The molecule has 3 rings (SSSR count). The molecular weight excluding hydrogens is 328 g/mol. The third-order valence-electron chi connectivity index (χ3n) is 3.65. The van der Waals surface area contributed by atoms with Crippen molar-refractivity contribution in [3.63, 3.8) is 0 Å². The molecule has 5 nitrogen and oxygen atoms in total. The van der Waals surface area contributed by atoms with Crippen molar-refractivity contribution in [3.05, 3.63) is 83.1 Å². The number of hydrogen-bond donors (Lipinski definition) is 2. The molecule has 0 fully saturated rings. The van der Waals surface area contributed by atoms with Crippen molar-refractivity contribution in [3.8, 4) is 0 Å². The van der Waals surface area contributed by atoms with Crippen molar-refractivity contribution < 1.29 is 18.7 Å². The van der Waals surface area contributed by atoms with E-state index in [1.165, 1.54) is 30.3 Å². The van der Waals surface area contributed by atoms with Gasteiger partial charge in [-0.25, -0.2) is 13.6 Å². The molecule has 0 aliphatic rings. The lowest BCUT2D eigenvalue weighted by Crippen LogP contribution is -2.22. The van der Waals surface area contributed by atoms with E-state index >= 15 is 0 Å². The van der Waals surface area contributed by atoms with Gasteiger partial charge in [-0.05, 0) is 35.4 Å². The van der Waals surface area contributed by atoms with Crippen molar-refractivity contribution in [2.45, 2.75) is 13.1 Å². The maximum absolute atomic E-state index is 13.4. The molecule has 0 spiro atoms. The molecule has 0 radical (unpaired) electrons. The van der Waals surface area contributed by atoms with Gasteiger partial charge in [0.2, 0.25) is 0 Å². The highest BCUT2D eigenvalue weighted by atomic mass is 19.1. The molecular formula is C18H15F2N3O2. The molecule has 0 aliphatic carbocycles. The molecule has 0 unspecified atom stereocenters. The SMILES string of the molecule is O=C(O)c1cc(N(Cc2cccc(F)c2)Cc2cccc(F)c2)[nH]n1. The molecule has 0 atom stereocenters. The molecule has 1 heterocycles. The third kappa shape index (κ3) is 4.20. The van der Waals surface area contributed by atoms with Crippen molar-refractivity contribution in [2.24, 2.45) is 0 Å². The van der Waals surface area contributed by atoms with Gasteiger partial charge in [0, 0.05) is 19.2 Å². The Bertz CT molecular complexity index is 848. The number of halogens is 2. The summed E-state index contributed by atoms with van der Waals surface area (Å²) < 4.78 is 26.9. The highest BCUT2D eigenvalue weighted by molar-refractivity contribution is 5.86. The fraction of sp³-hybridized carbons (Fsp3) is 0.111. The summed E-state index contributed by atoms with van der Waals surface area (Å²) in [5.74, 6) is -1.43. The summed E-state index contributed by atoms with van der Waals surface area (Å²) in [6.45, 7) is 0.602. The Kier molecular flexibility index (Phi) is 4.74. The molecule has 0 amide bonds. The van der Waals surface area contributed by atoms with E-state index in [2.05, 4.69) is 10.2 Å². The van der Waals surface area contributed by atoms with Crippen LogP contribution in [0.3, 0.4) is 0 Å². The fourth-order valence-corrected chi connectivity index (χ4v) is 2.52. The maximum Gasteiger partial charge on any atom is 0.356 e. The molecule has 0 saturated heterocycles. The predicted molar refractivity (Wildman–Crippen MR) is 88.2 cm³/mol. The Morgan fingerprint density at radius 2 is 1.56 bits per heavy atom. The van der Waals surface area contributed by atoms with Gasteiger partial charge in [0.25, 0.3) is 0 Å². The van der Waals surface area contributed by atoms with Gasteiger partial charge in [-0.1, -0.05) is 24.3 Å². The van der Waals surface area contributed by atoms with E-state index in [4.69, 9.17) is 5.11 Å². The Morgan fingerprint density at radius 3 is 2.00 bits per heavy atom. The van der Waals surface area contributed by atoms with Gasteiger partial charge in [0.05, 0.1) is 0 Å². The van der Waals surface area contributed by atoms with E-state index in [1.807, 2.05) is 0 Å². The number of H-pyrrole nitrogens is 1. The molecule has 7 heteroatoms. The number of benzene rings is 2. The Morgan fingerprint density at radius 1 is 1.00 bits per heavy atom. The van der Waals surface area contributed by atoms with E-state index < -0.39 is 5.97 Å². The van der Waals surface area contributed by atoms with Gasteiger partial charge in [-0.2, -0.15) is 5.10 Å². The highest BCUT2D eigenvalue weighted by Crippen LogP contribution is 2.20. The molecule has 2 N–H and O–H groups in total. The summed E-state index contributed by atoms with van der Waals surface area (Å²) in [6.07, 6.45) is 0. The number of nitrogens with one attached hydrogen (secondary N) is 1. The minimum Gasteiger partial charge on any atom is -0.476 e. The zero-order valence-corrected chi connectivity index (χ0v) is 13.1. The molecule has 25 heavy (non-hydrogen) atoms. The lowest BCUT2D eigenvalue weighted by molar-refractivity contribution is 0.0690. The van der Waals surface area contributed by atoms with E-state index in [1.54, 1.807) is 29.2 Å². The van der Waals surface area contributed by atoms with Gasteiger partial charge >= 0.3 is 5.97 Å². The van der Waals surface area contributed by atoms with Crippen molar-refractivity contribution in [2.75, 3.05) is 4.90 Å². The molecule has 0 saturated carbocycles. The first-order chi connectivity index (χ1) is 12.0.